The molecule has 3 rings (SSSR count). The lowest BCUT2D eigenvalue weighted by atomic mass is 10.2. The topological polar surface area (TPSA) is 63.2 Å². The summed E-state index contributed by atoms with van der Waals surface area (Å²) in [7, 11) is 1.63. The summed E-state index contributed by atoms with van der Waals surface area (Å²) >= 11 is 4.76. The number of ether oxygens (including phenoxy) is 1. The molecule has 2 aromatic carbocycles. The fraction of sp³-hybridized carbons (Fsp3) is 0.0588. The van der Waals surface area contributed by atoms with Gasteiger partial charge in [-0.05, 0) is 48.5 Å². The number of hydrazine groups is 1. The molecule has 1 amide bonds. The molecule has 0 unspecified atom stereocenters. The van der Waals surface area contributed by atoms with Gasteiger partial charge >= 0.3 is 0 Å². The third-order valence-corrected chi connectivity index (χ3v) is 4.57. The van der Waals surface area contributed by atoms with Crippen molar-refractivity contribution in [2.75, 3.05) is 12.5 Å². The Labute approximate surface area is 151 Å². The molecule has 3 aromatic rings. The summed E-state index contributed by atoms with van der Waals surface area (Å²) in [5.74, 6) is 0.581. The average Bonchev–Trinajstić information content (AvgIpc) is 3.09. The van der Waals surface area contributed by atoms with Crippen LogP contribution < -0.4 is 15.6 Å². The quantitative estimate of drug-likeness (QED) is 0.621. The number of thiazole rings is 1. The van der Waals surface area contributed by atoms with Crippen LogP contribution >= 0.6 is 27.3 Å². The van der Waals surface area contributed by atoms with Crippen LogP contribution in [0.5, 0.6) is 5.75 Å². The fourth-order valence-corrected chi connectivity index (χ4v) is 2.95. The fourth-order valence-electron chi connectivity index (χ4n) is 2.01. The van der Waals surface area contributed by atoms with Gasteiger partial charge in [0.1, 0.15) is 5.75 Å². The number of rotatable bonds is 5. The maximum atomic E-state index is 12.1. The largest absolute Gasteiger partial charge is 0.497 e. The Morgan fingerprint density at radius 1 is 1.12 bits per heavy atom. The highest BCUT2D eigenvalue weighted by Crippen LogP contribution is 2.26. The van der Waals surface area contributed by atoms with Crippen molar-refractivity contribution in [1.29, 1.82) is 0 Å². The van der Waals surface area contributed by atoms with Gasteiger partial charge in [0.15, 0.2) is 0 Å². The SMILES string of the molecule is COc1ccc(-c2csc(NNC(=O)c3ccc(Br)cc3)n2)cc1. The van der Waals surface area contributed by atoms with E-state index in [4.69, 9.17) is 4.74 Å². The smallest absolute Gasteiger partial charge is 0.269 e. The number of nitrogens with zero attached hydrogens (tertiary/aromatic N) is 1. The van der Waals surface area contributed by atoms with Crippen molar-refractivity contribution in [2.24, 2.45) is 0 Å². The second kappa shape index (κ2) is 7.46. The number of carbonyl (C=O) groups excluding carboxylic acids is 1. The zero-order chi connectivity index (χ0) is 16.9. The van der Waals surface area contributed by atoms with Gasteiger partial charge in [-0.25, -0.2) is 4.98 Å². The Morgan fingerprint density at radius 3 is 2.50 bits per heavy atom. The average molecular weight is 404 g/mol. The summed E-state index contributed by atoms with van der Waals surface area (Å²) in [6.07, 6.45) is 0. The molecule has 0 bridgehead atoms. The van der Waals surface area contributed by atoms with Gasteiger partial charge in [0.2, 0.25) is 5.13 Å². The molecule has 0 radical (unpaired) electrons. The van der Waals surface area contributed by atoms with Crippen LogP contribution in [0.15, 0.2) is 58.4 Å². The Balaban J connectivity index is 1.63. The van der Waals surface area contributed by atoms with Crippen molar-refractivity contribution in [3.63, 3.8) is 0 Å². The Hall–Kier alpha value is -2.38. The monoisotopic (exact) mass is 403 g/mol. The van der Waals surface area contributed by atoms with Crippen LogP contribution in [0, 0.1) is 0 Å². The molecular weight excluding hydrogens is 390 g/mol. The van der Waals surface area contributed by atoms with Gasteiger partial charge in [-0.15, -0.1) is 11.3 Å². The van der Waals surface area contributed by atoms with Crippen LogP contribution in [-0.2, 0) is 0 Å². The van der Waals surface area contributed by atoms with E-state index in [1.807, 2.05) is 41.8 Å². The highest BCUT2D eigenvalue weighted by Gasteiger charge is 2.08. The second-order valence-electron chi connectivity index (χ2n) is 4.85. The van der Waals surface area contributed by atoms with Gasteiger partial charge in [-0.3, -0.25) is 15.6 Å². The van der Waals surface area contributed by atoms with Crippen LogP contribution in [-0.4, -0.2) is 18.0 Å². The maximum absolute atomic E-state index is 12.1. The van der Waals surface area contributed by atoms with Crippen LogP contribution in [0.25, 0.3) is 11.3 Å². The first-order chi connectivity index (χ1) is 11.7. The molecule has 2 N–H and O–H groups in total. The summed E-state index contributed by atoms with van der Waals surface area (Å²) in [6, 6.07) is 14.8. The van der Waals surface area contributed by atoms with E-state index in [-0.39, 0.29) is 5.91 Å². The molecule has 0 aliphatic heterocycles. The van der Waals surface area contributed by atoms with Crippen LogP contribution in [0.1, 0.15) is 10.4 Å². The minimum absolute atomic E-state index is 0.219. The molecule has 7 heteroatoms. The molecule has 0 saturated heterocycles. The van der Waals surface area contributed by atoms with Crippen molar-refractivity contribution in [3.05, 3.63) is 63.9 Å². The predicted molar refractivity (Wildman–Crippen MR) is 99.3 cm³/mol. The molecule has 0 saturated carbocycles. The zero-order valence-corrected chi connectivity index (χ0v) is 15.1. The number of carbonyl (C=O) groups is 1. The van der Waals surface area contributed by atoms with Gasteiger partial charge in [0, 0.05) is 21.0 Å². The maximum Gasteiger partial charge on any atom is 0.269 e. The molecule has 0 fully saturated rings. The molecule has 0 atom stereocenters. The molecule has 0 aliphatic rings. The van der Waals surface area contributed by atoms with Crippen molar-refractivity contribution >= 4 is 38.3 Å². The van der Waals surface area contributed by atoms with E-state index in [0.717, 1.165) is 21.5 Å². The molecule has 5 nitrogen and oxygen atoms in total. The molecular formula is C17H14BrN3O2S. The minimum atomic E-state index is -0.219. The number of anilines is 1. The molecule has 122 valence electrons. The number of halogens is 1. The minimum Gasteiger partial charge on any atom is -0.497 e. The molecule has 1 aromatic heterocycles. The predicted octanol–water partition coefficient (Wildman–Crippen LogP) is 4.34. The number of hydrogen-bond donors (Lipinski definition) is 2. The summed E-state index contributed by atoms with van der Waals surface area (Å²) in [5.41, 5.74) is 7.87. The Kier molecular flexibility index (Phi) is 5.12. The Morgan fingerprint density at radius 2 is 1.83 bits per heavy atom. The third kappa shape index (κ3) is 3.93. The number of benzene rings is 2. The van der Waals surface area contributed by atoms with E-state index in [1.54, 1.807) is 19.2 Å². The van der Waals surface area contributed by atoms with Crippen molar-refractivity contribution in [3.8, 4) is 17.0 Å². The van der Waals surface area contributed by atoms with Gasteiger partial charge in [0.05, 0.1) is 12.8 Å². The number of methoxy groups -OCH3 is 1. The summed E-state index contributed by atoms with van der Waals surface area (Å²) in [4.78, 5) is 16.5. The highest BCUT2D eigenvalue weighted by molar-refractivity contribution is 9.10. The van der Waals surface area contributed by atoms with Crippen LogP contribution in [0.2, 0.25) is 0 Å². The molecule has 0 aliphatic carbocycles. The normalized spacial score (nSPS) is 10.2. The number of amides is 1. The van der Waals surface area contributed by atoms with Crippen molar-refractivity contribution in [1.82, 2.24) is 10.4 Å². The summed E-state index contributed by atoms with van der Waals surface area (Å²) in [5, 5.41) is 2.54. The van der Waals surface area contributed by atoms with Crippen molar-refractivity contribution < 1.29 is 9.53 Å². The van der Waals surface area contributed by atoms with Gasteiger partial charge in [0.25, 0.3) is 5.91 Å². The lowest BCUT2D eigenvalue weighted by molar-refractivity contribution is 0.0962. The van der Waals surface area contributed by atoms with E-state index < -0.39 is 0 Å². The lowest BCUT2D eigenvalue weighted by Gasteiger charge is -2.05. The van der Waals surface area contributed by atoms with Gasteiger partial charge in [-0.2, -0.15) is 0 Å². The number of hydrogen-bond acceptors (Lipinski definition) is 5. The van der Waals surface area contributed by atoms with E-state index in [9.17, 15) is 4.79 Å². The highest BCUT2D eigenvalue weighted by atomic mass is 79.9. The first-order valence-corrected chi connectivity index (χ1v) is 8.75. The van der Waals surface area contributed by atoms with E-state index in [0.29, 0.717) is 10.7 Å². The number of nitrogens with one attached hydrogen (secondary N) is 2. The van der Waals surface area contributed by atoms with E-state index in [1.165, 1.54) is 11.3 Å². The molecule has 0 spiro atoms. The standard InChI is InChI=1S/C17H14BrN3O2S/c1-23-14-8-4-11(5-9-14)15-10-24-17(19-15)21-20-16(22)12-2-6-13(18)7-3-12/h2-10H,1H3,(H,19,21)(H,20,22). The van der Waals surface area contributed by atoms with Crippen LogP contribution in [0.3, 0.4) is 0 Å². The lowest BCUT2D eigenvalue weighted by Crippen LogP contribution is -2.29. The van der Waals surface area contributed by atoms with E-state index >= 15 is 0 Å². The van der Waals surface area contributed by atoms with Gasteiger partial charge in [-0.1, -0.05) is 15.9 Å². The van der Waals surface area contributed by atoms with Crippen LogP contribution in [0.4, 0.5) is 5.13 Å². The second-order valence-corrected chi connectivity index (χ2v) is 6.63. The van der Waals surface area contributed by atoms with E-state index in [2.05, 4.69) is 31.8 Å². The van der Waals surface area contributed by atoms with Gasteiger partial charge < -0.3 is 4.74 Å². The molecule has 1 heterocycles. The van der Waals surface area contributed by atoms with Crippen molar-refractivity contribution in [2.45, 2.75) is 0 Å². The summed E-state index contributed by atoms with van der Waals surface area (Å²) in [6.45, 7) is 0. The first-order valence-electron chi connectivity index (χ1n) is 7.07. The summed E-state index contributed by atoms with van der Waals surface area (Å²) < 4.78 is 6.07. The zero-order valence-electron chi connectivity index (χ0n) is 12.7. The number of aromatic nitrogens is 1. The third-order valence-electron chi connectivity index (χ3n) is 3.28. The first kappa shape index (κ1) is 16.5. The Bertz CT molecular complexity index is 832. The molecule has 24 heavy (non-hydrogen) atoms.